The van der Waals surface area contributed by atoms with Gasteiger partial charge in [-0.1, -0.05) is 42.5 Å². The van der Waals surface area contributed by atoms with Crippen LogP contribution in [0.25, 0.3) is 10.8 Å². The molecule has 0 atom stereocenters. The fraction of sp³-hybridized carbons (Fsp3) is 0.444. The van der Waals surface area contributed by atoms with E-state index in [2.05, 4.69) is 57.6 Å². The minimum Gasteiger partial charge on any atom is -0.314 e. The maximum Gasteiger partial charge on any atom is 0.0351 e. The Balaban J connectivity index is 1.41. The molecule has 1 N–H and O–H groups in total. The molecule has 3 heteroatoms. The summed E-state index contributed by atoms with van der Waals surface area (Å²) in [6.45, 7) is 8.27. The third-order valence-electron chi connectivity index (χ3n) is 4.88. The van der Waals surface area contributed by atoms with Gasteiger partial charge in [-0.25, -0.2) is 0 Å². The lowest BCUT2D eigenvalue weighted by Crippen LogP contribution is -2.62. The third-order valence-corrected chi connectivity index (χ3v) is 4.88. The summed E-state index contributed by atoms with van der Waals surface area (Å²) >= 11 is 0. The molecule has 2 saturated heterocycles. The highest BCUT2D eigenvalue weighted by molar-refractivity contribution is 5.85. The molecule has 2 aliphatic heterocycles. The fourth-order valence-electron chi connectivity index (χ4n) is 3.62. The number of hydrogen-bond acceptors (Lipinski definition) is 3. The highest BCUT2D eigenvalue weighted by Gasteiger charge is 2.32. The van der Waals surface area contributed by atoms with Crippen LogP contribution in [0.1, 0.15) is 5.56 Å². The molecule has 3 nitrogen and oxygen atoms in total. The van der Waals surface area contributed by atoms with E-state index in [1.165, 1.54) is 42.5 Å². The minimum atomic E-state index is 0.780. The zero-order chi connectivity index (χ0) is 14.1. The van der Waals surface area contributed by atoms with E-state index < -0.39 is 0 Å². The van der Waals surface area contributed by atoms with Crippen LogP contribution in [0.5, 0.6) is 0 Å². The van der Waals surface area contributed by atoms with Gasteiger partial charge in [0.1, 0.15) is 0 Å². The van der Waals surface area contributed by atoms with E-state index in [0.29, 0.717) is 0 Å². The number of benzene rings is 2. The summed E-state index contributed by atoms with van der Waals surface area (Å²) in [6.07, 6.45) is 0. The summed E-state index contributed by atoms with van der Waals surface area (Å²) < 4.78 is 0. The molecular formula is C18H23N3. The zero-order valence-electron chi connectivity index (χ0n) is 12.5. The van der Waals surface area contributed by atoms with E-state index in [1.54, 1.807) is 0 Å². The van der Waals surface area contributed by atoms with Crippen molar-refractivity contribution in [1.82, 2.24) is 15.1 Å². The Morgan fingerprint density at radius 2 is 1.71 bits per heavy atom. The van der Waals surface area contributed by atoms with Crippen LogP contribution in [-0.4, -0.2) is 55.1 Å². The summed E-state index contributed by atoms with van der Waals surface area (Å²) in [5.74, 6) is 0. The standard InChI is InChI=1S/C18H23N3/c1-2-7-18-15(4-1)5-3-6-16(18)12-20-13-17(14-20)21-10-8-19-9-11-21/h1-7,17,19H,8-14H2. The number of likely N-dealkylation sites (tertiary alicyclic amines) is 1. The Bertz CT molecular complexity index is 607. The number of nitrogens with one attached hydrogen (secondary N) is 1. The van der Waals surface area contributed by atoms with Gasteiger partial charge in [-0.2, -0.15) is 0 Å². The largest absolute Gasteiger partial charge is 0.314 e. The molecule has 0 radical (unpaired) electrons. The lowest BCUT2D eigenvalue weighted by Gasteiger charge is -2.47. The number of nitrogens with zero attached hydrogens (tertiary/aromatic N) is 2. The molecule has 2 aromatic carbocycles. The van der Waals surface area contributed by atoms with E-state index in [0.717, 1.165) is 25.7 Å². The first-order valence-corrected chi connectivity index (χ1v) is 8.04. The molecule has 2 aromatic rings. The van der Waals surface area contributed by atoms with Crippen LogP contribution in [0.2, 0.25) is 0 Å². The molecular weight excluding hydrogens is 258 g/mol. The van der Waals surface area contributed by atoms with Crippen molar-refractivity contribution in [3.05, 3.63) is 48.0 Å². The summed E-state index contributed by atoms with van der Waals surface area (Å²) in [4.78, 5) is 5.23. The van der Waals surface area contributed by atoms with Crippen molar-refractivity contribution in [2.75, 3.05) is 39.3 Å². The van der Waals surface area contributed by atoms with Crippen LogP contribution in [-0.2, 0) is 6.54 Å². The lowest BCUT2D eigenvalue weighted by atomic mass is 10.0. The minimum absolute atomic E-state index is 0.780. The monoisotopic (exact) mass is 281 g/mol. The molecule has 0 bridgehead atoms. The maximum atomic E-state index is 3.43. The van der Waals surface area contributed by atoms with Gasteiger partial charge in [0.25, 0.3) is 0 Å². The maximum absolute atomic E-state index is 3.43. The van der Waals surface area contributed by atoms with Gasteiger partial charge in [-0.3, -0.25) is 9.80 Å². The van der Waals surface area contributed by atoms with Crippen molar-refractivity contribution in [2.24, 2.45) is 0 Å². The second-order valence-corrected chi connectivity index (χ2v) is 6.27. The van der Waals surface area contributed by atoms with Gasteiger partial charge in [0, 0.05) is 51.9 Å². The number of rotatable bonds is 3. The molecule has 0 spiro atoms. The fourth-order valence-corrected chi connectivity index (χ4v) is 3.62. The van der Waals surface area contributed by atoms with E-state index in [4.69, 9.17) is 0 Å². The zero-order valence-corrected chi connectivity index (χ0v) is 12.5. The van der Waals surface area contributed by atoms with Crippen molar-refractivity contribution < 1.29 is 0 Å². The first-order valence-electron chi connectivity index (χ1n) is 8.04. The molecule has 110 valence electrons. The lowest BCUT2D eigenvalue weighted by molar-refractivity contribution is 0.0225. The van der Waals surface area contributed by atoms with Gasteiger partial charge in [-0.15, -0.1) is 0 Å². The topological polar surface area (TPSA) is 18.5 Å². The number of fused-ring (bicyclic) bond motifs is 1. The van der Waals surface area contributed by atoms with Crippen molar-refractivity contribution in [2.45, 2.75) is 12.6 Å². The number of hydrogen-bond donors (Lipinski definition) is 1. The summed E-state index contributed by atoms with van der Waals surface area (Å²) in [7, 11) is 0. The smallest absolute Gasteiger partial charge is 0.0351 e. The van der Waals surface area contributed by atoms with Crippen molar-refractivity contribution in [1.29, 1.82) is 0 Å². The molecule has 0 unspecified atom stereocenters. The van der Waals surface area contributed by atoms with Crippen LogP contribution < -0.4 is 5.32 Å². The normalized spacial score (nSPS) is 21.5. The van der Waals surface area contributed by atoms with Gasteiger partial charge >= 0.3 is 0 Å². The predicted molar refractivity (Wildman–Crippen MR) is 87.5 cm³/mol. The molecule has 0 aromatic heterocycles. The van der Waals surface area contributed by atoms with Crippen molar-refractivity contribution in [3.63, 3.8) is 0 Å². The molecule has 0 aliphatic carbocycles. The first kappa shape index (κ1) is 13.3. The molecule has 4 rings (SSSR count). The average Bonchev–Trinajstić information content (AvgIpc) is 2.51. The summed E-state index contributed by atoms with van der Waals surface area (Å²) in [5.41, 5.74) is 1.46. The van der Waals surface area contributed by atoms with Gasteiger partial charge in [0.15, 0.2) is 0 Å². The third kappa shape index (κ3) is 2.69. The second-order valence-electron chi connectivity index (χ2n) is 6.27. The van der Waals surface area contributed by atoms with E-state index >= 15 is 0 Å². The Morgan fingerprint density at radius 1 is 0.952 bits per heavy atom. The predicted octanol–water partition coefficient (Wildman–Crippen LogP) is 1.93. The van der Waals surface area contributed by atoms with Gasteiger partial charge in [0.05, 0.1) is 0 Å². The molecule has 0 saturated carbocycles. The van der Waals surface area contributed by atoms with Gasteiger partial charge < -0.3 is 5.32 Å². The SMILES string of the molecule is c1ccc2c(CN3CC(N4CCNCC4)C3)cccc2c1. The quantitative estimate of drug-likeness (QED) is 0.927. The average molecular weight is 281 g/mol. The van der Waals surface area contributed by atoms with Crippen LogP contribution in [0.3, 0.4) is 0 Å². The Labute approximate surface area is 126 Å². The Morgan fingerprint density at radius 3 is 2.57 bits per heavy atom. The molecule has 2 heterocycles. The molecule has 2 aliphatic rings. The van der Waals surface area contributed by atoms with Crippen LogP contribution in [0.15, 0.2) is 42.5 Å². The van der Waals surface area contributed by atoms with Crippen LogP contribution in [0, 0.1) is 0 Å². The summed E-state index contributed by atoms with van der Waals surface area (Å²) in [5, 5.41) is 6.20. The Kier molecular flexibility index (Phi) is 3.63. The van der Waals surface area contributed by atoms with E-state index in [-0.39, 0.29) is 0 Å². The van der Waals surface area contributed by atoms with Crippen LogP contribution >= 0.6 is 0 Å². The van der Waals surface area contributed by atoms with Crippen LogP contribution in [0.4, 0.5) is 0 Å². The first-order chi connectivity index (χ1) is 10.4. The molecule has 0 amide bonds. The van der Waals surface area contributed by atoms with Crippen molar-refractivity contribution in [3.8, 4) is 0 Å². The van der Waals surface area contributed by atoms with Gasteiger partial charge in [0.2, 0.25) is 0 Å². The summed E-state index contributed by atoms with van der Waals surface area (Å²) in [6, 6.07) is 16.2. The van der Waals surface area contributed by atoms with Crippen molar-refractivity contribution >= 4 is 10.8 Å². The highest BCUT2D eigenvalue weighted by atomic mass is 15.3. The van der Waals surface area contributed by atoms with E-state index in [9.17, 15) is 0 Å². The molecule has 2 fully saturated rings. The van der Waals surface area contributed by atoms with E-state index in [1.807, 2.05) is 0 Å². The number of piperazine rings is 1. The highest BCUT2D eigenvalue weighted by Crippen LogP contribution is 2.23. The van der Waals surface area contributed by atoms with Gasteiger partial charge in [-0.05, 0) is 16.3 Å². The molecule has 21 heavy (non-hydrogen) atoms. The second kappa shape index (κ2) is 5.76. The Hall–Kier alpha value is -1.42.